The summed E-state index contributed by atoms with van der Waals surface area (Å²) in [6.45, 7) is 1.77. The molecule has 23 heavy (non-hydrogen) atoms. The highest BCUT2D eigenvalue weighted by atomic mass is 79.9. The van der Waals surface area contributed by atoms with Crippen LogP contribution in [-0.2, 0) is 4.74 Å². The first-order valence-electron chi connectivity index (χ1n) is 6.67. The summed E-state index contributed by atoms with van der Waals surface area (Å²) >= 11 is 3.24. The molecule has 0 fully saturated rings. The fourth-order valence-electron chi connectivity index (χ4n) is 2.02. The molecule has 2 aromatic rings. The molecule has 0 saturated heterocycles. The van der Waals surface area contributed by atoms with Gasteiger partial charge in [-0.3, -0.25) is 0 Å². The van der Waals surface area contributed by atoms with Crippen molar-refractivity contribution < 1.29 is 19.4 Å². The number of fused-ring (bicyclic) bond motifs is 1. The second-order valence-electron chi connectivity index (χ2n) is 4.77. The Hall–Kier alpha value is -2.42. The van der Waals surface area contributed by atoms with Gasteiger partial charge in [-0.1, -0.05) is 0 Å². The molecular formula is C14H15BrN4O4. The molecule has 2 heterocycles. The van der Waals surface area contributed by atoms with Gasteiger partial charge in [0.05, 0.1) is 24.7 Å². The number of carboxylic acids is 1. The molecule has 0 unspecified atom stereocenters. The van der Waals surface area contributed by atoms with Gasteiger partial charge in [0.15, 0.2) is 5.69 Å². The summed E-state index contributed by atoms with van der Waals surface area (Å²) in [5, 5.41) is 10.0. The van der Waals surface area contributed by atoms with E-state index < -0.39 is 12.1 Å². The third-order valence-corrected chi connectivity index (χ3v) is 3.30. The van der Waals surface area contributed by atoms with Crippen LogP contribution in [0.15, 0.2) is 21.9 Å². The largest absolute Gasteiger partial charge is 0.476 e. The van der Waals surface area contributed by atoms with Crippen LogP contribution in [-0.4, -0.2) is 58.7 Å². The number of ether oxygens (including phenoxy) is 1. The van der Waals surface area contributed by atoms with Crippen molar-refractivity contribution >= 4 is 50.9 Å². The van der Waals surface area contributed by atoms with Gasteiger partial charge in [-0.25, -0.2) is 24.1 Å². The van der Waals surface area contributed by atoms with Gasteiger partial charge >= 0.3 is 12.1 Å². The van der Waals surface area contributed by atoms with Gasteiger partial charge in [-0.05, 0) is 28.9 Å². The van der Waals surface area contributed by atoms with Gasteiger partial charge in [-0.15, -0.1) is 0 Å². The number of aromatic nitrogens is 2. The van der Waals surface area contributed by atoms with Crippen molar-refractivity contribution in [3.8, 4) is 0 Å². The lowest BCUT2D eigenvalue weighted by Gasteiger charge is -2.06. The standard InChI is InChI=1S/C14H15BrN4O4/c1-4-23-14(22)19-9-6-16-10(15)5-8(9)11(12(19)13(20)21)17-7-18(2)3/h5-7H,4H2,1-3H3,(H,20,21)/b17-7+. The normalized spacial score (nSPS) is 11.1. The highest BCUT2D eigenvalue weighted by Crippen LogP contribution is 2.34. The Morgan fingerprint density at radius 1 is 1.52 bits per heavy atom. The topological polar surface area (TPSA) is 97.0 Å². The Morgan fingerprint density at radius 3 is 2.78 bits per heavy atom. The molecule has 8 nitrogen and oxygen atoms in total. The van der Waals surface area contributed by atoms with Gasteiger partial charge < -0.3 is 14.7 Å². The fourth-order valence-corrected chi connectivity index (χ4v) is 2.35. The molecule has 0 amide bonds. The quantitative estimate of drug-likeness (QED) is 0.495. The number of aliphatic imine (C=N–C) groups is 1. The van der Waals surface area contributed by atoms with Gasteiger partial charge in [0.2, 0.25) is 0 Å². The minimum Gasteiger partial charge on any atom is -0.476 e. The number of aromatic carboxylic acids is 1. The van der Waals surface area contributed by atoms with E-state index in [1.54, 1.807) is 32.0 Å². The van der Waals surface area contributed by atoms with E-state index in [2.05, 4.69) is 25.9 Å². The van der Waals surface area contributed by atoms with E-state index in [1.165, 1.54) is 12.5 Å². The Labute approximate surface area is 140 Å². The first kappa shape index (κ1) is 16.9. The van der Waals surface area contributed by atoms with E-state index >= 15 is 0 Å². The third kappa shape index (κ3) is 3.34. The molecule has 0 radical (unpaired) electrons. The lowest BCUT2D eigenvalue weighted by Crippen LogP contribution is -2.19. The number of carbonyl (C=O) groups excluding carboxylic acids is 1. The number of pyridine rings is 1. The molecule has 0 aromatic carbocycles. The molecule has 0 atom stereocenters. The molecule has 0 spiro atoms. The van der Waals surface area contributed by atoms with Crippen molar-refractivity contribution in [2.24, 2.45) is 4.99 Å². The van der Waals surface area contributed by atoms with Crippen molar-refractivity contribution in [2.45, 2.75) is 6.92 Å². The molecule has 0 bridgehead atoms. The van der Waals surface area contributed by atoms with Gasteiger partial charge in [0, 0.05) is 19.5 Å². The number of halogens is 1. The molecular weight excluding hydrogens is 368 g/mol. The SMILES string of the molecule is CCOC(=O)n1c(C(=O)O)c(/N=C/N(C)C)c2cc(Br)ncc21. The van der Waals surface area contributed by atoms with Crippen LogP contribution >= 0.6 is 15.9 Å². The second-order valence-corrected chi connectivity index (χ2v) is 5.58. The minimum absolute atomic E-state index is 0.123. The van der Waals surface area contributed by atoms with Crippen LogP contribution in [0.5, 0.6) is 0 Å². The molecule has 0 aliphatic heterocycles. The van der Waals surface area contributed by atoms with E-state index in [1.807, 2.05) is 0 Å². The summed E-state index contributed by atoms with van der Waals surface area (Å²) in [5.41, 5.74) is 0.212. The van der Waals surface area contributed by atoms with Crippen molar-refractivity contribution in [3.63, 3.8) is 0 Å². The fraction of sp³-hybridized carbons (Fsp3) is 0.286. The highest BCUT2D eigenvalue weighted by Gasteiger charge is 2.27. The van der Waals surface area contributed by atoms with Crippen molar-refractivity contribution in [1.82, 2.24) is 14.5 Å². The monoisotopic (exact) mass is 382 g/mol. The molecule has 0 aliphatic rings. The molecule has 1 N–H and O–H groups in total. The number of carboxylic acid groups (broad SMARTS) is 1. The average molecular weight is 383 g/mol. The molecule has 2 rings (SSSR count). The Morgan fingerprint density at radius 2 is 2.22 bits per heavy atom. The summed E-state index contributed by atoms with van der Waals surface area (Å²) in [4.78, 5) is 33.8. The predicted molar refractivity (Wildman–Crippen MR) is 88.7 cm³/mol. The Bertz CT molecular complexity index is 798. The molecule has 2 aromatic heterocycles. The average Bonchev–Trinajstić information content (AvgIpc) is 2.79. The van der Waals surface area contributed by atoms with E-state index in [4.69, 9.17) is 4.74 Å². The second kappa shape index (κ2) is 6.78. The van der Waals surface area contributed by atoms with Crippen LogP contribution in [0.4, 0.5) is 10.5 Å². The maximum atomic E-state index is 12.2. The van der Waals surface area contributed by atoms with Crippen molar-refractivity contribution in [1.29, 1.82) is 0 Å². The Kier molecular flexibility index (Phi) is 4.99. The van der Waals surface area contributed by atoms with Gasteiger partial charge in [0.25, 0.3) is 0 Å². The van der Waals surface area contributed by atoms with Crippen LogP contribution in [0.25, 0.3) is 10.9 Å². The lowest BCUT2D eigenvalue weighted by molar-refractivity contribution is 0.0683. The van der Waals surface area contributed by atoms with Gasteiger partial charge in [-0.2, -0.15) is 0 Å². The first-order chi connectivity index (χ1) is 10.9. The summed E-state index contributed by atoms with van der Waals surface area (Å²) in [5.74, 6) is -1.28. The van der Waals surface area contributed by atoms with E-state index in [9.17, 15) is 14.7 Å². The maximum absolute atomic E-state index is 12.2. The zero-order valence-electron chi connectivity index (χ0n) is 12.8. The van der Waals surface area contributed by atoms with Crippen LogP contribution in [0.2, 0.25) is 0 Å². The number of carbonyl (C=O) groups is 2. The zero-order chi connectivity index (χ0) is 17.1. The molecule has 0 aliphatic carbocycles. The van der Waals surface area contributed by atoms with Crippen LogP contribution in [0.3, 0.4) is 0 Å². The van der Waals surface area contributed by atoms with Gasteiger partial charge in [0.1, 0.15) is 10.3 Å². The number of hydrogen-bond acceptors (Lipinski definition) is 5. The van der Waals surface area contributed by atoms with E-state index in [-0.39, 0.29) is 18.0 Å². The Balaban J connectivity index is 2.85. The lowest BCUT2D eigenvalue weighted by atomic mass is 10.2. The van der Waals surface area contributed by atoms with E-state index in [0.29, 0.717) is 15.5 Å². The third-order valence-electron chi connectivity index (χ3n) is 2.86. The van der Waals surface area contributed by atoms with E-state index in [0.717, 1.165) is 4.57 Å². The summed E-state index contributed by atoms with van der Waals surface area (Å²) < 4.78 is 6.43. The van der Waals surface area contributed by atoms with Crippen LogP contribution in [0.1, 0.15) is 17.4 Å². The zero-order valence-corrected chi connectivity index (χ0v) is 14.4. The van der Waals surface area contributed by atoms with Crippen molar-refractivity contribution in [3.05, 3.63) is 22.6 Å². The summed E-state index contributed by atoms with van der Waals surface area (Å²) in [7, 11) is 3.51. The van der Waals surface area contributed by atoms with Crippen molar-refractivity contribution in [2.75, 3.05) is 20.7 Å². The number of nitrogens with zero attached hydrogens (tertiary/aromatic N) is 4. The van der Waals surface area contributed by atoms with Crippen LogP contribution < -0.4 is 0 Å². The number of hydrogen-bond donors (Lipinski definition) is 1. The first-order valence-corrected chi connectivity index (χ1v) is 7.47. The van der Waals surface area contributed by atoms with Crippen LogP contribution in [0, 0.1) is 0 Å². The minimum atomic E-state index is -1.28. The highest BCUT2D eigenvalue weighted by molar-refractivity contribution is 9.10. The predicted octanol–water partition coefficient (Wildman–Crippen LogP) is 2.72. The molecule has 9 heteroatoms. The number of rotatable bonds is 4. The summed E-state index contributed by atoms with van der Waals surface area (Å²) in [6, 6.07) is 1.61. The summed E-state index contributed by atoms with van der Waals surface area (Å²) in [6.07, 6.45) is 2.08. The smallest absolute Gasteiger partial charge is 0.419 e. The molecule has 122 valence electrons. The molecule has 0 saturated carbocycles. The maximum Gasteiger partial charge on any atom is 0.419 e.